The van der Waals surface area contributed by atoms with Gasteiger partial charge in [0.2, 0.25) is 4.96 Å². The van der Waals surface area contributed by atoms with Crippen LogP contribution in [0.3, 0.4) is 0 Å². The minimum Gasteiger partial charge on any atom is -0.361 e. The van der Waals surface area contributed by atoms with E-state index < -0.39 is 0 Å². The third kappa shape index (κ3) is 1.79. The van der Waals surface area contributed by atoms with E-state index in [1.807, 2.05) is 20.8 Å². The summed E-state index contributed by atoms with van der Waals surface area (Å²) >= 11 is 2.73. The molecule has 0 saturated carbocycles. The Morgan fingerprint density at radius 3 is 2.57 bits per heavy atom. The summed E-state index contributed by atoms with van der Waals surface area (Å²) < 4.78 is 10.8. The van der Waals surface area contributed by atoms with Crippen molar-refractivity contribution in [3.8, 4) is 21.3 Å². The monoisotopic (exact) mass is 319 g/mol. The number of fused-ring (bicyclic) bond motifs is 1. The number of hydrogen-bond acceptors (Lipinski definition) is 9. The Balaban J connectivity index is 1.93. The van der Waals surface area contributed by atoms with E-state index >= 15 is 0 Å². The maximum atomic E-state index is 5.20. The molecule has 0 atom stereocenters. The lowest BCUT2D eigenvalue weighted by Crippen LogP contribution is -1.91. The molecule has 0 saturated heterocycles. The first-order valence-corrected chi connectivity index (χ1v) is 7.69. The van der Waals surface area contributed by atoms with Gasteiger partial charge < -0.3 is 4.52 Å². The molecule has 0 aliphatic carbocycles. The summed E-state index contributed by atoms with van der Waals surface area (Å²) in [5, 5.41) is 21.7. The van der Waals surface area contributed by atoms with Gasteiger partial charge in [0.15, 0.2) is 10.8 Å². The molecule has 0 bridgehead atoms. The van der Waals surface area contributed by atoms with Gasteiger partial charge in [-0.05, 0) is 32.3 Å². The Bertz CT molecular complexity index is 928. The van der Waals surface area contributed by atoms with Gasteiger partial charge in [-0.15, -0.1) is 15.3 Å². The zero-order chi connectivity index (χ0) is 14.6. The molecule has 4 aromatic rings. The van der Waals surface area contributed by atoms with Crippen LogP contribution >= 0.6 is 22.9 Å². The van der Waals surface area contributed by atoms with Gasteiger partial charge in [-0.2, -0.15) is 9.61 Å². The van der Waals surface area contributed by atoms with Crippen molar-refractivity contribution in [1.29, 1.82) is 0 Å². The summed E-state index contributed by atoms with van der Waals surface area (Å²) in [4.78, 5) is 1.59. The smallest absolute Gasteiger partial charge is 0.235 e. The fourth-order valence-corrected chi connectivity index (χ4v) is 3.70. The first-order chi connectivity index (χ1) is 10.1. The van der Waals surface area contributed by atoms with E-state index in [-0.39, 0.29) is 0 Å². The zero-order valence-corrected chi connectivity index (χ0v) is 13.0. The van der Waals surface area contributed by atoms with Crippen molar-refractivity contribution in [3.63, 3.8) is 0 Å². The van der Waals surface area contributed by atoms with Crippen LogP contribution in [0.2, 0.25) is 0 Å². The highest BCUT2D eigenvalue weighted by molar-refractivity contribution is 7.19. The van der Waals surface area contributed by atoms with Crippen LogP contribution in [0, 0.1) is 20.8 Å². The molecular weight excluding hydrogens is 310 g/mol. The van der Waals surface area contributed by atoms with E-state index in [1.54, 1.807) is 4.52 Å². The van der Waals surface area contributed by atoms with E-state index in [0.29, 0.717) is 10.8 Å². The van der Waals surface area contributed by atoms with Crippen LogP contribution in [0.25, 0.3) is 26.2 Å². The molecule has 0 aliphatic heterocycles. The molecule has 4 rings (SSSR count). The fourth-order valence-electron chi connectivity index (χ4n) is 2.08. The summed E-state index contributed by atoms with van der Waals surface area (Å²) in [5.74, 6) is 1.40. The van der Waals surface area contributed by atoms with Gasteiger partial charge in [-0.25, -0.2) is 0 Å². The predicted molar refractivity (Wildman–Crippen MR) is 77.3 cm³/mol. The van der Waals surface area contributed by atoms with Gasteiger partial charge in [-0.1, -0.05) is 21.0 Å². The van der Waals surface area contributed by atoms with Crippen LogP contribution in [0.4, 0.5) is 0 Å². The third-order valence-electron chi connectivity index (χ3n) is 3.09. The molecular formula is C11H9N7OS2. The highest BCUT2D eigenvalue weighted by Gasteiger charge is 2.21. The fraction of sp³-hybridized carbons (Fsp3) is 0.273. The summed E-state index contributed by atoms with van der Waals surface area (Å²) in [7, 11) is 0. The molecule has 8 nitrogen and oxygen atoms in total. The van der Waals surface area contributed by atoms with Gasteiger partial charge in [0.05, 0.1) is 17.0 Å². The second-order valence-electron chi connectivity index (χ2n) is 4.51. The minimum atomic E-state index is 0.659. The molecule has 0 spiro atoms. The maximum absolute atomic E-state index is 5.20. The number of hydrogen-bond donors (Lipinski definition) is 0. The van der Waals surface area contributed by atoms with Crippen LogP contribution < -0.4 is 0 Å². The Morgan fingerprint density at radius 2 is 1.90 bits per heavy atom. The number of nitrogens with zero attached hydrogens (tertiary/aromatic N) is 7. The van der Waals surface area contributed by atoms with Crippen molar-refractivity contribution >= 4 is 27.8 Å². The van der Waals surface area contributed by atoms with E-state index in [2.05, 4.69) is 30.0 Å². The lowest BCUT2D eigenvalue weighted by Gasteiger charge is -1.93. The average molecular weight is 319 g/mol. The molecule has 0 unspecified atom stereocenters. The second-order valence-corrected chi connectivity index (χ2v) is 6.22. The quantitative estimate of drug-likeness (QED) is 0.559. The maximum Gasteiger partial charge on any atom is 0.235 e. The third-order valence-corrected chi connectivity index (χ3v) is 4.83. The minimum absolute atomic E-state index is 0.659. The van der Waals surface area contributed by atoms with Crippen molar-refractivity contribution in [2.75, 3.05) is 0 Å². The largest absolute Gasteiger partial charge is 0.361 e. The van der Waals surface area contributed by atoms with E-state index in [9.17, 15) is 0 Å². The van der Waals surface area contributed by atoms with Gasteiger partial charge in [0.1, 0.15) is 10.6 Å². The zero-order valence-electron chi connectivity index (χ0n) is 11.4. The second kappa shape index (κ2) is 4.40. The lowest BCUT2D eigenvalue weighted by molar-refractivity contribution is 0.393. The Kier molecular flexibility index (Phi) is 2.62. The van der Waals surface area contributed by atoms with E-state index in [1.165, 1.54) is 22.9 Å². The SMILES string of the molecule is Cc1nnsc1-c1nnc2sc(-c3c(C)noc3C)nn12. The van der Waals surface area contributed by atoms with E-state index in [4.69, 9.17) is 4.52 Å². The summed E-state index contributed by atoms with van der Waals surface area (Å²) in [6.45, 7) is 5.66. The van der Waals surface area contributed by atoms with Crippen LogP contribution in [0.15, 0.2) is 4.52 Å². The standard InChI is InChI=1S/C11H9N7OS2/c1-4-7(6(3)19-16-4)10-15-18-9(13-14-11(18)20-10)8-5(2)12-17-21-8/h1-3H3. The first kappa shape index (κ1) is 12.5. The van der Waals surface area contributed by atoms with Gasteiger partial charge in [-0.3, -0.25) is 0 Å². The van der Waals surface area contributed by atoms with Crippen molar-refractivity contribution in [3.05, 3.63) is 17.1 Å². The molecule has 4 heterocycles. The molecule has 0 fully saturated rings. The highest BCUT2D eigenvalue weighted by atomic mass is 32.1. The van der Waals surface area contributed by atoms with Crippen molar-refractivity contribution in [2.24, 2.45) is 0 Å². The van der Waals surface area contributed by atoms with Crippen LogP contribution in [0.5, 0.6) is 0 Å². The molecule has 4 aromatic heterocycles. The van der Waals surface area contributed by atoms with Gasteiger partial charge in [0.25, 0.3) is 0 Å². The van der Waals surface area contributed by atoms with Crippen LogP contribution in [-0.4, -0.2) is 34.6 Å². The molecule has 106 valence electrons. The van der Waals surface area contributed by atoms with Crippen molar-refractivity contribution < 1.29 is 4.52 Å². The predicted octanol–water partition coefficient (Wildman–Crippen LogP) is 2.28. The van der Waals surface area contributed by atoms with Crippen molar-refractivity contribution in [1.82, 2.24) is 34.6 Å². The number of aromatic nitrogens is 7. The summed E-state index contributed by atoms with van der Waals surface area (Å²) in [5.41, 5.74) is 2.55. The van der Waals surface area contributed by atoms with Gasteiger partial charge in [0, 0.05) is 0 Å². The normalized spacial score (nSPS) is 11.6. The molecule has 0 amide bonds. The molecule has 0 radical (unpaired) electrons. The summed E-state index contributed by atoms with van der Waals surface area (Å²) in [6, 6.07) is 0. The number of aryl methyl sites for hydroxylation is 3. The number of rotatable bonds is 2. The van der Waals surface area contributed by atoms with Crippen molar-refractivity contribution in [2.45, 2.75) is 20.8 Å². The molecule has 0 aliphatic rings. The van der Waals surface area contributed by atoms with Crippen LogP contribution in [-0.2, 0) is 0 Å². The first-order valence-electron chi connectivity index (χ1n) is 6.10. The van der Waals surface area contributed by atoms with Crippen LogP contribution in [0.1, 0.15) is 17.1 Å². The van der Waals surface area contributed by atoms with Gasteiger partial charge >= 0.3 is 0 Å². The Hall–Kier alpha value is -2.20. The highest BCUT2D eigenvalue weighted by Crippen LogP contribution is 2.32. The topological polar surface area (TPSA) is 94.9 Å². The molecule has 21 heavy (non-hydrogen) atoms. The summed E-state index contributed by atoms with van der Waals surface area (Å²) in [6.07, 6.45) is 0. The molecule has 10 heteroatoms. The molecule has 0 N–H and O–H groups in total. The Labute approximate surface area is 126 Å². The molecule has 0 aromatic carbocycles. The average Bonchev–Trinajstić information content (AvgIpc) is 3.16. The Morgan fingerprint density at radius 1 is 1.05 bits per heavy atom. The lowest BCUT2D eigenvalue weighted by atomic mass is 10.2. The van der Waals surface area contributed by atoms with E-state index in [0.717, 1.165) is 32.6 Å².